The Balaban J connectivity index is 2.00. The minimum atomic E-state index is -4.45. The first-order valence-corrected chi connectivity index (χ1v) is 6.24. The molecule has 0 aliphatic carbocycles. The van der Waals surface area contributed by atoms with Crippen LogP contribution in [0.1, 0.15) is 24.8 Å². The standard InChI is InChI=1S/C13H15F3N2O2/c14-13(15,16)8-3-4-11(10(17)6-8)18-12(19)7-9-2-1-5-20-9/h3-4,6,9H,1-2,5,7,17H2,(H,18,19). The molecular weight excluding hydrogens is 273 g/mol. The summed E-state index contributed by atoms with van der Waals surface area (Å²) in [6.45, 7) is 0.639. The SMILES string of the molecule is Nc1cc(C(F)(F)F)ccc1NC(=O)CC1CCCO1. The van der Waals surface area contributed by atoms with Gasteiger partial charge in [0.15, 0.2) is 0 Å². The number of benzene rings is 1. The van der Waals surface area contributed by atoms with Crippen LogP contribution >= 0.6 is 0 Å². The molecule has 20 heavy (non-hydrogen) atoms. The number of rotatable bonds is 3. The predicted molar refractivity (Wildman–Crippen MR) is 68.1 cm³/mol. The molecule has 1 aliphatic rings. The first kappa shape index (κ1) is 14.6. The summed E-state index contributed by atoms with van der Waals surface area (Å²) in [6.07, 6.45) is -2.66. The van der Waals surface area contributed by atoms with Crippen molar-refractivity contribution in [1.82, 2.24) is 0 Å². The molecule has 0 spiro atoms. The Morgan fingerprint density at radius 1 is 1.45 bits per heavy atom. The van der Waals surface area contributed by atoms with Crippen molar-refractivity contribution in [2.45, 2.75) is 31.5 Å². The van der Waals surface area contributed by atoms with Gasteiger partial charge in [-0.05, 0) is 31.0 Å². The van der Waals surface area contributed by atoms with Gasteiger partial charge < -0.3 is 15.8 Å². The van der Waals surface area contributed by atoms with Crippen molar-refractivity contribution >= 4 is 17.3 Å². The van der Waals surface area contributed by atoms with E-state index < -0.39 is 11.7 Å². The lowest BCUT2D eigenvalue weighted by Crippen LogP contribution is -2.20. The van der Waals surface area contributed by atoms with Gasteiger partial charge in [0.1, 0.15) is 0 Å². The zero-order valence-electron chi connectivity index (χ0n) is 10.7. The lowest BCUT2D eigenvalue weighted by atomic mass is 10.1. The number of carbonyl (C=O) groups is 1. The van der Waals surface area contributed by atoms with E-state index in [0.717, 1.165) is 31.0 Å². The maximum absolute atomic E-state index is 12.5. The third kappa shape index (κ3) is 3.63. The van der Waals surface area contributed by atoms with Crippen molar-refractivity contribution in [1.29, 1.82) is 0 Å². The fraction of sp³-hybridized carbons (Fsp3) is 0.462. The van der Waals surface area contributed by atoms with Crippen molar-refractivity contribution in [3.8, 4) is 0 Å². The normalized spacial score (nSPS) is 19.1. The van der Waals surface area contributed by atoms with Crippen LogP contribution in [-0.2, 0) is 15.7 Å². The Morgan fingerprint density at radius 2 is 2.20 bits per heavy atom. The fourth-order valence-corrected chi connectivity index (χ4v) is 2.07. The molecule has 1 heterocycles. The Bertz CT molecular complexity index is 497. The highest BCUT2D eigenvalue weighted by molar-refractivity contribution is 5.94. The maximum atomic E-state index is 12.5. The number of hydrogen-bond acceptors (Lipinski definition) is 3. The van der Waals surface area contributed by atoms with Gasteiger partial charge >= 0.3 is 6.18 Å². The molecule has 1 amide bonds. The maximum Gasteiger partial charge on any atom is 0.416 e. The zero-order chi connectivity index (χ0) is 14.8. The smallest absolute Gasteiger partial charge is 0.397 e. The molecule has 0 radical (unpaired) electrons. The predicted octanol–water partition coefficient (Wildman–Crippen LogP) is 2.80. The molecule has 1 aromatic carbocycles. The summed E-state index contributed by atoms with van der Waals surface area (Å²) in [5.41, 5.74) is 4.76. The van der Waals surface area contributed by atoms with Gasteiger partial charge in [0, 0.05) is 6.61 Å². The minimum Gasteiger partial charge on any atom is -0.397 e. The number of hydrogen-bond donors (Lipinski definition) is 2. The molecule has 4 nitrogen and oxygen atoms in total. The Labute approximate surface area is 114 Å². The van der Waals surface area contributed by atoms with Crippen LogP contribution < -0.4 is 11.1 Å². The Morgan fingerprint density at radius 3 is 2.75 bits per heavy atom. The van der Waals surface area contributed by atoms with E-state index in [0.29, 0.717) is 6.61 Å². The van der Waals surface area contributed by atoms with Crippen molar-refractivity contribution in [3.63, 3.8) is 0 Å². The summed E-state index contributed by atoms with van der Waals surface area (Å²) < 4.78 is 42.7. The van der Waals surface area contributed by atoms with Crippen LogP contribution in [0.15, 0.2) is 18.2 Å². The van der Waals surface area contributed by atoms with E-state index in [9.17, 15) is 18.0 Å². The molecule has 3 N–H and O–H groups in total. The van der Waals surface area contributed by atoms with Crippen LogP contribution in [0.2, 0.25) is 0 Å². The number of anilines is 2. The van der Waals surface area contributed by atoms with Crippen LogP contribution in [0.4, 0.5) is 24.5 Å². The summed E-state index contributed by atoms with van der Waals surface area (Å²) in [5.74, 6) is -0.316. The number of alkyl halides is 3. The second kappa shape index (κ2) is 5.70. The van der Waals surface area contributed by atoms with Gasteiger partial charge in [-0.3, -0.25) is 4.79 Å². The molecule has 0 bridgehead atoms. The average Bonchev–Trinajstić information content (AvgIpc) is 2.83. The minimum absolute atomic E-state index is 0.111. The molecule has 1 saturated heterocycles. The van der Waals surface area contributed by atoms with E-state index in [-0.39, 0.29) is 29.8 Å². The highest BCUT2D eigenvalue weighted by Gasteiger charge is 2.31. The number of halogens is 3. The highest BCUT2D eigenvalue weighted by Crippen LogP contribution is 2.32. The molecule has 2 rings (SSSR count). The molecule has 1 aliphatic heterocycles. The van der Waals surface area contributed by atoms with E-state index in [1.165, 1.54) is 0 Å². The van der Waals surface area contributed by atoms with Crippen molar-refractivity contribution in [3.05, 3.63) is 23.8 Å². The summed E-state index contributed by atoms with van der Waals surface area (Å²) in [7, 11) is 0. The van der Waals surface area contributed by atoms with Gasteiger partial charge in [0.05, 0.1) is 29.5 Å². The average molecular weight is 288 g/mol. The fourth-order valence-electron chi connectivity index (χ4n) is 2.07. The van der Waals surface area contributed by atoms with Gasteiger partial charge in [0.25, 0.3) is 0 Å². The molecule has 7 heteroatoms. The van der Waals surface area contributed by atoms with Gasteiger partial charge in [-0.25, -0.2) is 0 Å². The lowest BCUT2D eigenvalue weighted by Gasteiger charge is -2.13. The molecule has 1 aromatic rings. The Kier molecular flexibility index (Phi) is 4.17. The molecule has 110 valence electrons. The van der Waals surface area contributed by atoms with E-state index in [1.807, 2.05) is 0 Å². The largest absolute Gasteiger partial charge is 0.416 e. The van der Waals surface area contributed by atoms with Gasteiger partial charge in [-0.15, -0.1) is 0 Å². The summed E-state index contributed by atoms with van der Waals surface area (Å²) in [6, 6.07) is 2.85. The third-order valence-corrected chi connectivity index (χ3v) is 3.09. The van der Waals surface area contributed by atoms with Crippen LogP contribution in [0.25, 0.3) is 0 Å². The van der Waals surface area contributed by atoms with E-state index in [1.54, 1.807) is 0 Å². The molecule has 0 aromatic heterocycles. The number of nitrogen functional groups attached to an aromatic ring is 1. The second-order valence-corrected chi connectivity index (χ2v) is 4.69. The molecule has 1 unspecified atom stereocenters. The number of nitrogens with one attached hydrogen (secondary N) is 1. The van der Waals surface area contributed by atoms with Crippen LogP contribution in [0.5, 0.6) is 0 Å². The highest BCUT2D eigenvalue weighted by atomic mass is 19.4. The van der Waals surface area contributed by atoms with E-state index in [2.05, 4.69) is 5.32 Å². The van der Waals surface area contributed by atoms with Crippen LogP contribution in [-0.4, -0.2) is 18.6 Å². The lowest BCUT2D eigenvalue weighted by molar-refractivity contribution is -0.137. The third-order valence-electron chi connectivity index (χ3n) is 3.09. The molecule has 0 saturated carbocycles. The first-order chi connectivity index (χ1) is 9.36. The topological polar surface area (TPSA) is 64.3 Å². The van der Waals surface area contributed by atoms with Gasteiger partial charge in [-0.2, -0.15) is 13.2 Å². The summed E-state index contributed by atoms with van der Waals surface area (Å²) in [4.78, 5) is 11.7. The number of nitrogens with two attached hydrogens (primary N) is 1. The first-order valence-electron chi connectivity index (χ1n) is 6.24. The van der Waals surface area contributed by atoms with E-state index in [4.69, 9.17) is 10.5 Å². The molecule has 1 fully saturated rings. The molecule has 1 atom stereocenters. The summed E-state index contributed by atoms with van der Waals surface area (Å²) in [5, 5.41) is 2.50. The van der Waals surface area contributed by atoms with Gasteiger partial charge in [-0.1, -0.05) is 0 Å². The van der Waals surface area contributed by atoms with Crippen molar-refractivity contribution in [2.24, 2.45) is 0 Å². The number of ether oxygens (including phenoxy) is 1. The number of carbonyl (C=O) groups excluding carboxylic acids is 1. The Hall–Kier alpha value is -1.76. The monoisotopic (exact) mass is 288 g/mol. The van der Waals surface area contributed by atoms with Crippen LogP contribution in [0.3, 0.4) is 0 Å². The van der Waals surface area contributed by atoms with Crippen LogP contribution in [0, 0.1) is 0 Å². The van der Waals surface area contributed by atoms with Crippen molar-refractivity contribution in [2.75, 3.05) is 17.7 Å². The van der Waals surface area contributed by atoms with Gasteiger partial charge in [0.2, 0.25) is 5.91 Å². The number of amides is 1. The quantitative estimate of drug-likeness (QED) is 0.841. The van der Waals surface area contributed by atoms with Crippen molar-refractivity contribution < 1.29 is 22.7 Å². The summed E-state index contributed by atoms with van der Waals surface area (Å²) >= 11 is 0. The van der Waals surface area contributed by atoms with E-state index >= 15 is 0 Å². The second-order valence-electron chi connectivity index (χ2n) is 4.69. The molecular formula is C13H15F3N2O2. The zero-order valence-corrected chi connectivity index (χ0v) is 10.7.